The topological polar surface area (TPSA) is 109 Å². The van der Waals surface area contributed by atoms with Gasteiger partial charge < -0.3 is 10.2 Å². The van der Waals surface area contributed by atoms with Crippen molar-refractivity contribution < 1.29 is 9.59 Å². The van der Waals surface area contributed by atoms with Crippen molar-refractivity contribution >= 4 is 11.8 Å². The van der Waals surface area contributed by atoms with Gasteiger partial charge in [-0.05, 0) is 44.9 Å². The molecule has 9 heteroatoms. The molecule has 0 bridgehead atoms. The summed E-state index contributed by atoms with van der Waals surface area (Å²) in [5.41, 5.74) is 3.19. The number of aromatic amines is 1. The molecular weight excluding hydrogens is 346 g/mol. The molecule has 3 aliphatic rings. The number of amides is 2. The normalized spacial score (nSPS) is 19.9. The molecular formula is C18H23N7O2. The Morgan fingerprint density at radius 2 is 1.96 bits per heavy atom. The molecule has 3 heterocycles. The van der Waals surface area contributed by atoms with Crippen LogP contribution in [0.5, 0.6) is 0 Å². The van der Waals surface area contributed by atoms with Crippen molar-refractivity contribution in [2.75, 3.05) is 13.1 Å². The first-order chi connectivity index (χ1) is 13.2. The van der Waals surface area contributed by atoms with Gasteiger partial charge in [-0.3, -0.25) is 14.7 Å². The van der Waals surface area contributed by atoms with Gasteiger partial charge in [-0.25, -0.2) is 4.68 Å². The van der Waals surface area contributed by atoms with Crippen molar-refractivity contribution in [3.8, 4) is 0 Å². The predicted molar refractivity (Wildman–Crippen MR) is 95.3 cm³/mol. The van der Waals surface area contributed by atoms with Crippen LogP contribution in [0.2, 0.25) is 0 Å². The Kier molecular flexibility index (Phi) is 3.95. The molecule has 9 nitrogen and oxygen atoms in total. The van der Waals surface area contributed by atoms with Gasteiger partial charge in [-0.1, -0.05) is 5.21 Å². The maximum atomic E-state index is 12.8. The Bertz CT molecular complexity index is 874. The van der Waals surface area contributed by atoms with Gasteiger partial charge >= 0.3 is 0 Å². The van der Waals surface area contributed by atoms with Crippen LogP contribution >= 0.6 is 0 Å². The number of H-pyrrole nitrogens is 1. The minimum atomic E-state index is -0.149. The number of likely N-dealkylation sites (tertiary alicyclic amines) is 1. The third-order valence-corrected chi connectivity index (χ3v) is 5.79. The summed E-state index contributed by atoms with van der Waals surface area (Å²) >= 11 is 0. The minimum absolute atomic E-state index is 0.0240. The summed E-state index contributed by atoms with van der Waals surface area (Å²) in [6.45, 7) is 1.32. The fraction of sp³-hybridized carbons (Fsp3) is 0.611. The number of piperidine rings is 1. The van der Waals surface area contributed by atoms with Crippen molar-refractivity contribution in [1.82, 2.24) is 35.4 Å². The number of carbonyl (C=O) groups is 2. The Labute approximate surface area is 156 Å². The molecule has 2 N–H and O–H groups in total. The highest BCUT2D eigenvalue weighted by Gasteiger charge is 2.31. The van der Waals surface area contributed by atoms with E-state index in [0.29, 0.717) is 30.5 Å². The molecule has 0 atom stereocenters. The third-order valence-electron chi connectivity index (χ3n) is 5.79. The van der Waals surface area contributed by atoms with Crippen molar-refractivity contribution in [3.63, 3.8) is 0 Å². The molecule has 1 saturated carbocycles. The molecule has 2 aromatic heterocycles. The number of rotatable bonds is 4. The zero-order chi connectivity index (χ0) is 18.4. The summed E-state index contributed by atoms with van der Waals surface area (Å²) in [4.78, 5) is 26.8. The maximum absolute atomic E-state index is 12.8. The van der Waals surface area contributed by atoms with Crippen molar-refractivity contribution in [2.45, 2.75) is 57.0 Å². The van der Waals surface area contributed by atoms with Gasteiger partial charge in [0.05, 0.1) is 12.2 Å². The van der Waals surface area contributed by atoms with Crippen LogP contribution in [0.25, 0.3) is 0 Å². The number of aryl methyl sites for hydroxylation is 1. The summed E-state index contributed by atoms with van der Waals surface area (Å²) in [6.07, 6.45) is 8.43. The lowest BCUT2D eigenvalue weighted by atomic mass is 10.0. The fourth-order valence-electron chi connectivity index (χ4n) is 4.03. The van der Waals surface area contributed by atoms with Crippen molar-refractivity contribution in [2.24, 2.45) is 0 Å². The van der Waals surface area contributed by atoms with E-state index in [1.54, 1.807) is 10.9 Å². The van der Waals surface area contributed by atoms with Crippen LogP contribution in [0.4, 0.5) is 0 Å². The van der Waals surface area contributed by atoms with Crippen LogP contribution in [-0.4, -0.2) is 61.0 Å². The van der Waals surface area contributed by atoms with Gasteiger partial charge in [-0.15, -0.1) is 5.10 Å². The molecule has 0 aromatic carbocycles. The lowest BCUT2D eigenvalue weighted by molar-refractivity contribution is 0.0682. The molecule has 5 rings (SSSR count). The third kappa shape index (κ3) is 3.11. The zero-order valence-electron chi connectivity index (χ0n) is 15.1. The van der Waals surface area contributed by atoms with Crippen LogP contribution in [0.15, 0.2) is 6.20 Å². The van der Waals surface area contributed by atoms with Crippen molar-refractivity contribution in [3.05, 3.63) is 28.8 Å². The standard InChI is InChI=1S/C18H23N7O2/c26-17(19-11-4-5-11)15-10-25(23-21-15)12-6-8-24(9-7-12)18(27)16-13-2-1-3-14(13)20-22-16/h10-12H,1-9H2,(H,19,26)(H,20,22). The highest BCUT2D eigenvalue weighted by atomic mass is 16.2. The van der Waals surface area contributed by atoms with Gasteiger partial charge in [0.1, 0.15) is 0 Å². The van der Waals surface area contributed by atoms with E-state index in [-0.39, 0.29) is 17.9 Å². The summed E-state index contributed by atoms with van der Waals surface area (Å²) in [7, 11) is 0. The van der Waals surface area contributed by atoms with Gasteiger partial charge in [0.15, 0.2) is 11.4 Å². The monoisotopic (exact) mass is 369 g/mol. The fourth-order valence-corrected chi connectivity index (χ4v) is 4.03. The zero-order valence-corrected chi connectivity index (χ0v) is 15.1. The Balaban J connectivity index is 1.20. The van der Waals surface area contributed by atoms with E-state index >= 15 is 0 Å². The molecule has 2 fully saturated rings. The van der Waals surface area contributed by atoms with E-state index in [4.69, 9.17) is 0 Å². The van der Waals surface area contributed by atoms with Gasteiger partial charge in [0, 0.05) is 30.4 Å². The van der Waals surface area contributed by atoms with Gasteiger partial charge in [0.2, 0.25) is 0 Å². The maximum Gasteiger partial charge on any atom is 0.274 e. The van der Waals surface area contributed by atoms with Crippen LogP contribution in [-0.2, 0) is 12.8 Å². The van der Waals surface area contributed by atoms with E-state index in [2.05, 4.69) is 25.8 Å². The van der Waals surface area contributed by atoms with E-state index < -0.39 is 0 Å². The lowest BCUT2D eigenvalue weighted by Crippen LogP contribution is -2.39. The second-order valence-electron chi connectivity index (χ2n) is 7.74. The molecule has 2 aliphatic carbocycles. The molecule has 1 aliphatic heterocycles. The molecule has 1 saturated heterocycles. The van der Waals surface area contributed by atoms with Crippen LogP contribution in [0, 0.1) is 0 Å². The van der Waals surface area contributed by atoms with E-state index in [1.807, 2.05) is 4.90 Å². The van der Waals surface area contributed by atoms with Gasteiger partial charge in [0.25, 0.3) is 11.8 Å². The van der Waals surface area contributed by atoms with Crippen LogP contribution in [0.3, 0.4) is 0 Å². The van der Waals surface area contributed by atoms with Crippen LogP contribution < -0.4 is 5.32 Å². The predicted octanol–water partition coefficient (Wildman–Crippen LogP) is 0.859. The van der Waals surface area contributed by atoms with E-state index in [9.17, 15) is 9.59 Å². The average molecular weight is 369 g/mol. The molecule has 0 radical (unpaired) electrons. The second kappa shape index (κ2) is 6.47. The summed E-state index contributed by atoms with van der Waals surface area (Å²) < 4.78 is 1.77. The molecule has 2 amide bonds. The lowest BCUT2D eigenvalue weighted by Gasteiger charge is -2.31. The SMILES string of the molecule is O=C(NC1CC1)c1cn(C2CCN(C(=O)c3n[nH]c4c3CCC4)CC2)nn1. The van der Waals surface area contributed by atoms with E-state index in [0.717, 1.165) is 56.2 Å². The molecule has 27 heavy (non-hydrogen) atoms. The summed E-state index contributed by atoms with van der Waals surface area (Å²) in [5, 5.41) is 18.3. The molecule has 142 valence electrons. The molecule has 0 unspecified atom stereocenters. The minimum Gasteiger partial charge on any atom is -0.348 e. The Hall–Kier alpha value is -2.71. The average Bonchev–Trinajstić information content (AvgIpc) is 3.09. The van der Waals surface area contributed by atoms with Crippen LogP contribution in [0.1, 0.15) is 70.4 Å². The highest BCUT2D eigenvalue weighted by Crippen LogP contribution is 2.27. The van der Waals surface area contributed by atoms with E-state index in [1.165, 1.54) is 0 Å². The number of aromatic nitrogens is 5. The Morgan fingerprint density at radius 1 is 1.15 bits per heavy atom. The molecule has 0 spiro atoms. The first-order valence-electron chi connectivity index (χ1n) is 9.77. The number of hydrogen-bond donors (Lipinski definition) is 2. The largest absolute Gasteiger partial charge is 0.348 e. The molecule has 2 aromatic rings. The first-order valence-corrected chi connectivity index (χ1v) is 9.77. The van der Waals surface area contributed by atoms with Crippen molar-refractivity contribution in [1.29, 1.82) is 0 Å². The summed E-state index contributed by atoms with van der Waals surface area (Å²) in [5.74, 6) is -0.125. The number of nitrogens with zero attached hydrogens (tertiary/aromatic N) is 5. The highest BCUT2D eigenvalue weighted by molar-refractivity contribution is 5.94. The number of carbonyl (C=O) groups excluding carboxylic acids is 2. The Morgan fingerprint density at radius 3 is 2.74 bits per heavy atom. The number of fused-ring (bicyclic) bond motifs is 1. The first kappa shape index (κ1) is 16.5. The number of nitrogens with one attached hydrogen (secondary N) is 2. The van der Waals surface area contributed by atoms with Gasteiger partial charge in [-0.2, -0.15) is 5.10 Å². The quantitative estimate of drug-likeness (QED) is 0.831. The summed E-state index contributed by atoms with van der Waals surface area (Å²) in [6, 6.07) is 0.467. The number of hydrogen-bond acceptors (Lipinski definition) is 5. The smallest absolute Gasteiger partial charge is 0.274 e. The second-order valence-corrected chi connectivity index (χ2v) is 7.74.